The summed E-state index contributed by atoms with van der Waals surface area (Å²) in [4.78, 5) is 12.8. The van der Waals surface area contributed by atoms with Gasteiger partial charge in [0, 0.05) is 6.61 Å². The van der Waals surface area contributed by atoms with Gasteiger partial charge in [-0.25, -0.2) is 8.42 Å². The minimum Gasteiger partial charge on any atom is -0.460 e. The highest BCUT2D eigenvalue weighted by Gasteiger charge is 2.49. The zero-order chi connectivity index (χ0) is 20.9. The highest BCUT2D eigenvalue weighted by atomic mass is 32.2. The summed E-state index contributed by atoms with van der Waals surface area (Å²) in [5, 5.41) is -0.00887. The standard InChI is InChI=1S/C20H32O5SSi/c1-8-15-24-18(21)20(5,14-16-25-27(6,7)19(2,3)4)26(22,23)17-12-10-9-11-13-17/h8-13H,1,14-16H2,2-7H3/t20-/m1/s1. The normalized spacial score (nSPS) is 15.0. The van der Waals surface area contributed by atoms with E-state index in [0.29, 0.717) is 0 Å². The Morgan fingerprint density at radius 3 is 2.19 bits per heavy atom. The molecule has 1 atom stereocenters. The first-order valence-electron chi connectivity index (χ1n) is 9.01. The molecule has 0 bridgehead atoms. The molecule has 0 radical (unpaired) electrons. The van der Waals surface area contributed by atoms with E-state index >= 15 is 0 Å². The van der Waals surface area contributed by atoms with Crippen LogP contribution >= 0.6 is 0 Å². The molecule has 0 saturated heterocycles. The van der Waals surface area contributed by atoms with Gasteiger partial charge in [-0.15, -0.1) is 0 Å². The maximum Gasteiger partial charge on any atom is 0.327 e. The van der Waals surface area contributed by atoms with E-state index in [-0.39, 0.29) is 29.6 Å². The van der Waals surface area contributed by atoms with Crippen molar-refractivity contribution < 1.29 is 22.4 Å². The van der Waals surface area contributed by atoms with Crippen LogP contribution in [0.2, 0.25) is 18.1 Å². The number of benzene rings is 1. The third-order valence-electron chi connectivity index (χ3n) is 5.26. The van der Waals surface area contributed by atoms with Crippen LogP contribution in [0.1, 0.15) is 34.1 Å². The Labute approximate surface area is 164 Å². The van der Waals surface area contributed by atoms with E-state index in [4.69, 9.17) is 9.16 Å². The molecule has 7 heteroatoms. The SMILES string of the molecule is C=CCOC(=O)[C@@](C)(CCO[Si](C)(C)C(C)(C)C)S(=O)(=O)c1ccccc1. The van der Waals surface area contributed by atoms with Crippen LogP contribution in [-0.4, -0.2) is 40.7 Å². The molecule has 0 unspecified atom stereocenters. The van der Waals surface area contributed by atoms with Gasteiger partial charge in [0.15, 0.2) is 22.9 Å². The van der Waals surface area contributed by atoms with Crippen molar-refractivity contribution in [3.05, 3.63) is 43.0 Å². The third-order valence-corrected chi connectivity index (χ3v) is 12.2. The molecule has 0 aliphatic carbocycles. The number of carbonyl (C=O) groups excluding carboxylic acids is 1. The topological polar surface area (TPSA) is 69.7 Å². The van der Waals surface area contributed by atoms with Gasteiger partial charge >= 0.3 is 5.97 Å². The fourth-order valence-corrected chi connectivity index (χ4v) is 4.92. The summed E-state index contributed by atoms with van der Waals surface area (Å²) in [5.74, 6) is -0.787. The zero-order valence-electron chi connectivity index (χ0n) is 17.2. The summed E-state index contributed by atoms with van der Waals surface area (Å²) in [7, 11) is -6.02. The fourth-order valence-electron chi connectivity index (χ4n) is 2.21. The summed E-state index contributed by atoms with van der Waals surface area (Å²) in [6, 6.07) is 7.97. The van der Waals surface area contributed by atoms with Gasteiger partial charge in [0.1, 0.15) is 6.61 Å². The molecule has 0 heterocycles. The largest absolute Gasteiger partial charge is 0.460 e. The average Bonchev–Trinajstić information content (AvgIpc) is 2.58. The van der Waals surface area contributed by atoms with E-state index in [1.165, 1.54) is 25.1 Å². The van der Waals surface area contributed by atoms with E-state index in [1.54, 1.807) is 18.2 Å². The Morgan fingerprint density at radius 2 is 1.70 bits per heavy atom. The van der Waals surface area contributed by atoms with Crippen molar-refractivity contribution in [3.8, 4) is 0 Å². The number of esters is 1. The lowest BCUT2D eigenvalue weighted by Crippen LogP contribution is -2.48. The van der Waals surface area contributed by atoms with Crippen LogP contribution in [0.15, 0.2) is 47.9 Å². The molecule has 0 spiro atoms. The second-order valence-electron chi connectivity index (χ2n) is 8.29. The van der Waals surface area contributed by atoms with Crippen molar-refractivity contribution >= 4 is 24.1 Å². The predicted molar refractivity (Wildman–Crippen MR) is 111 cm³/mol. The quantitative estimate of drug-likeness (QED) is 0.342. The van der Waals surface area contributed by atoms with Crippen LogP contribution in [0.4, 0.5) is 0 Å². The number of hydrogen-bond acceptors (Lipinski definition) is 5. The second kappa shape index (κ2) is 8.71. The molecule has 0 fully saturated rings. The molecule has 1 aromatic carbocycles. The number of carbonyl (C=O) groups is 1. The van der Waals surface area contributed by atoms with Gasteiger partial charge in [0.25, 0.3) is 0 Å². The van der Waals surface area contributed by atoms with Gasteiger partial charge in [0.2, 0.25) is 0 Å². The Kier molecular flexibility index (Phi) is 7.61. The molecule has 5 nitrogen and oxygen atoms in total. The van der Waals surface area contributed by atoms with Crippen LogP contribution in [0.3, 0.4) is 0 Å². The maximum atomic E-state index is 13.2. The molecule has 0 amide bonds. The fraction of sp³-hybridized carbons (Fsp3) is 0.550. The molecular weight excluding hydrogens is 380 g/mol. The molecule has 1 aromatic rings. The van der Waals surface area contributed by atoms with Crippen molar-refractivity contribution in [1.82, 2.24) is 0 Å². The molecule has 0 N–H and O–H groups in total. The number of rotatable bonds is 9. The highest BCUT2D eigenvalue weighted by Crippen LogP contribution is 2.37. The van der Waals surface area contributed by atoms with Gasteiger partial charge in [-0.1, -0.05) is 51.6 Å². The minimum absolute atomic E-state index is 0.00887. The van der Waals surface area contributed by atoms with Gasteiger partial charge in [-0.05, 0) is 43.6 Å². The van der Waals surface area contributed by atoms with E-state index in [2.05, 4.69) is 40.4 Å². The van der Waals surface area contributed by atoms with E-state index in [1.807, 2.05) is 0 Å². The van der Waals surface area contributed by atoms with E-state index < -0.39 is 28.9 Å². The smallest absolute Gasteiger partial charge is 0.327 e. The van der Waals surface area contributed by atoms with Gasteiger partial charge < -0.3 is 9.16 Å². The molecule has 27 heavy (non-hydrogen) atoms. The molecule has 1 rings (SSSR count). The monoisotopic (exact) mass is 412 g/mol. The molecule has 152 valence electrons. The van der Waals surface area contributed by atoms with Crippen LogP contribution in [0.5, 0.6) is 0 Å². The lowest BCUT2D eigenvalue weighted by Gasteiger charge is -2.37. The summed E-state index contributed by atoms with van der Waals surface area (Å²) in [6.45, 7) is 15.6. The van der Waals surface area contributed by atoms with Crippen molar-refractivity contribution in [3.63, 3.8) is 0 Å². The molecule has 0 aliphatic rings. The third kappa shape index (κ3) is 5.30. The van der Waals surface area contributed by atoms with Crippen LogP contribution in [0.25, 0.3) is 0 Å². The first-order valence-corrected chi connectivity index (χ1v) is 13.4. The summed E-state index contributed by atoms with van der Waals surface area (Å²) >= 11 is 0. The molecule has 0 aromatic heterocycles. The van der Waals surface area contributed by atoms with Crippen LogP contribution in [-0.2, 0) is 23.8 Å². The zero-order valence-corrected chi connectivity index (χ0v) is 19.1. The number of hydrogen-bond donors (Lipinski definition) is 0. The summed E-state index contributed by atoms with van der Waals surface area (Å²) in [5.41, 5.74) is 0. The van der Waals surface area contributed by atoms with Gasteiger partial charge in [-0.3, -0.25) is 4.79 Å². The Balaban J connectivity index is 3.17. The lowest BCUT2D eigenvalue weighted by atomic mass is 10.1. The van der Waals surface area contributed by atoms with Crippen LogP contribution in [0, 0.1) is 0 Å². The van der Waals surface area contributed by atoms with Crippen molar-refractivity contribution in [1.29, 1.82) is 0 Å². The molecule has 0 aliphatic heterocycles. The molecule has 0 saturated carbocycles. The lowest BCUT2D eigenvalue weighted by molar-refractivity contribution is -0.145. The molecular formula is C20H32O5SSi. The van der Waals surface area contributed by atoms with Crippen molar-refractivity contribution in [2.24, 2.45) is 0 Å². The minimum atomic E-state index is -3.96. The summed E-state index contributed by atoms with van der Waals surface area (Å²) in [6.07, 6.45) is 1.44. The second-order valence-corrected chi connectivity index (χ2v) is 15.5. The Morgan fingerprint density at radius 1 is 1.15 bits per heavy atom. The first-order chi connectivity index (χ1) is 12.3. The van der Waals surface area contributed by atoms with E-state index in [0.717, 1.165) is 0 Å². The number of sulfone groups is 1. The van der Waals surface area contributed by atoms with Gasteiger partial charge in [0.05, 0.1) is 4.90 Å². The maximum absolute atomic E-state index is 13.2. The summed E-state index contributed by atoms with van der Waals surface area (Å²) < 4.78 is 36.0. The van der Waals surface area contributed by atoms with E-state index in [9.17, 15) is 13.2 Å². The van der Waals surface area contributed by atoms with Crippen molar-refractivity contribution in [2.75, 3.05) is 13.2 Å². The average molecular weight is 413 g/mol. The highest BCUT2D eigenvalue weighted by molar-refractivity contribution is 7.93. The Bertz CT molecular complexity index is 750. The number of ether oxygens (including phenoxy) is 1. The Hall–Kier alpha value is -1.44. The predicted octanol–water partition coefficient (Wildman–Crippen LogP) is 4.36. The van der Waals surface area contributed by atoms with Gasteiger partial charge in [-0.2, -0.15) is 0 Å². The van der Waals surface area contributed by atoms with Crippen LogP contribution < -0.4 is 0 Å². The van der Waals surface area contributed by atoms with Crippen molar-refractivity contribution in [2.45, 2.75) is 61.9 Å². The first kappa shape index (κ1) is 23.6.